The van der Waals surface area contributed by atoms with Crippen LogP contribution in [0.3, 0.4) is 0 Å². The third kappa shape index (κ3) is 4.42. The molecule has 0 saturated heterocycles. The maximum atomic E-state index is 12.2. The molecule has 1 unspecified atom stereocenters. The van der Waals surface area contributed by atoms with Crippen LogP contribution < -0.4 is 4.74 Å². The molecule has 5 heteroatoms. The van der Waals surface area contributed by atoms with Gasteiger partial charge < -0.3 is 14.2 Å². The van der Waals surface area contributed by atoms with Crippen molar-refractivity contribution in [1.82, 2.24) is 0 Å². The predicted octanol–water partition coefficient (Wildman–Crippen LogP) is 4.21. The highest BCUT2D eigenvalue weighted by atomic mass is 32.1. The smallest absolute Gasteiger partial charge is 0.316 e. The van der Waals surface area contributed by atoms with Crippen LogP contribution in [0.5, 0.6) is 5.75 Å². The molecule has 2 aromatic rings. The van der Waals surface area contributed by atoms with E-state index < -0.39 is 12.2 Å². The van der Waals surface area contributed by atoms with Crippen LogP contribution >= 0.6 is 12.2 Å². The van der Waals surface area contributed by atoms with Crippen molar-refractivity contribution >= 4 is 34.0 Å². The van der Waals surface area contributed by atoms with Gasteiger partial charge in [0, 0.05) is 13.8 Å². The van der Waals surface area contributed by atoms with Crippen LogP contribution in [-0.4, -0.2) is 24.4 Å². The van der Waals surface area contributed by atoms with Crippen molar-refractivity contribution in [2.45, 2.75) is 33.0 Å². The molecule has 0 aliphatic rings. The SMILES string of the molecule is COc1ccc2cc([C@H](C)C(=O)OC(C)OC(C)=S)ccc2c1. The number of rotatable bonds is 5. The van der Waals surface area contributed by atoms with Gasteiger partial charge in [-0.15, -0.1) is 0 Å². The number of ether oxygens (including phenoxy) is 3. The van der Waals surface area contributed by atoms with Crippen LogP contribution in [0.1, 0.15) is 32.3 Å². The van der Waals surface area contributed by atoms with Gasteiger partial charge in [0.15, 0.2) is 5.05 Å². The van der Waals surface area contributed by atoms with Crippen molar-refractivity contribution in [2.24, 2.45) is 0 Å². The van der Waals surface area contributed by atoms with E-state index in [1.54, 1.807) is 21.0 Å². The van der Waals surface area contributed by atoms with Gasteiger partial charge >= 0.3 is 5.97 Å². The molecule has 122 valence electrons. The number of hydrogen-bond donors (Lipinski definition) is 0. The molecule has 0 aliphatic heterocycles. The Bertz CT molecular complexity index is 726. The summed E-state index contributed by atoms with van der Waals surface area (Å²) in [5, 5.41) is 2.45. The van der Waals surface area contributed by atoms with Crippen LogP contribution in [0, 0.1) is 0 Å². The standard InChI is InChI=1S/C18H20O4S/c1-11(18(19)22-12(2)21-13(3)23)14-5-6-16-10-17(20-4)8-7-15(16)9-14/h5-12H,1-4H3/t11-,12?/m0/s1. The van der Waals surface area contributed by atoms with E-state index >= 15 is 0 Å². The molecule has 2 aromatic carbocycles. The first-order valence-electron chi connectivity index (χ1n) is 7.36. The van der Waals surface area contributed by atoms with Crippen molar-refractivity contribution in [3.8, 4) is 5.75 Å². The van der Waals surface area contributed by atoms with Gasteiger partial charge in [-0.25, -0.2) is 0 Å². The maximum Gasteiger partial charge on any atom is 0.316 e. The van der Waals surface area contributed by atoms with Crippen molar-refractivity contribution in [3.05, 3.63) is 42.0 Å². The van der Waals surface area contributed by atoms with Crippen LogP contribution in [-0.2, 0) is 14.3 Å². The third-order valence-electron chi connectivity index (χ3n) is 3.54. The quantitative estimate of drug-likeness (QED) is 0.466. The predicted molar refractivity (Wildman–Crippen MR) is 93.8 cm³/mol. The van der Waals surface area contributed by atoms with Crippen LogP contribution in [0.4, 0.5) is 0 Å². The summed E-state index contributed by atoms with van der Waals surface area (Å²) in [6.07, 6.45) is -0.688. The molecule has 2 atom stereocenters. The Morgan fingerprint density at radius 2 is 1.70 bits per heavy atom. The number of carbonyl (C=O) groups is 1. The number of esters is 1. The molecule has 0 aromatic heterocycles. The van der Waals surface area contributed by atoms with Gasteiger partial charge in [0.2, 0.25) is 6.29 Å². The Balaban J connectivity index is 2.15. The van der Waals surface area contributed by atoms with E-state index in [0.717, 1.165) is 22.1 Å². The van der Waals surface area contributed by atoms with Crippen LogP contribution in [0.15, 0.2) is 36.4 Å². The van der Waals surface area contributed by atoms with Gasteiger partial charge in [0.25, 0.3) is 0 Å². The number of thiocarbonyl (C=S) groups is 1. The molecule has 2 rings (SSSR count). The summed E-state index contributed by atoms with van der Waals surface area (Å²) in [5.41, 5.74) is 0.888. The lowest BCUT2D eigenvalue weighted by atomic mass is 9.98. The fourth-order valence-electron chi connectivity index (χ4n) is 2.30. The van der Waals surface area contributed by atoms with Gasteiger partial charge in [0.1, 0.15) is 5.75 Å². The molecule has 0 fully saturated rings. The monoisotopic (exact) mass is 332 g/mol. The average Bonchev–Trinajstić information content (AvgIpc) is 2.52. The van der Waals surface area contributed by atoms with E-state index in [0.29, 0.717) is 5.05 Å². The number of fused-ring (bicyclic) bond motifs is 1. The van der Waals surface area contributed by atoms with E-state index in [2.05, 4.69) is 0 Å². The minimum Gasteiger partial charge on any atom is -0.497 e. The lowest BCUT2D eigenvalue weighted by molar-refractivity contribution is -0.163. The molecule has 0 heterocycles. The largest absolute Gasteiger partial charge is 0.497 e. The maximum absolute atomic E-state index is 12.2. The summed E-state index contributed by atoms with van der Waals surface area (Å²) in [6, 6.07) is 11.7. The normalized spacial score (nSPS) is 13.2. The van der Waals surface area contributed by atoms with E-state index in [1.807, 2.05) is 43.3 Å². The lowest BCUT2D eigenvalue weighted by Crippen LogP contribution is -2.23. The van der Waals surface area contributed by atoms with Crippen LogP contribution in [0.25, 0.3) is 10.8 Å². The highest BCUT2D eigenvalue weighted by Crippen LogP contribution is 2.26. The molecule has 0 aliphatic carbocycles. The van der Waals surface area contributed by atoms with Gasteiger partial charge in [-0.2, -0.15) is 0 Å². The van der Waals surface area contributed by atoms with Crippen LogP contribution in [0.2, 0.25) is 0 Å². The zero-order valence-corrected chi connectivity index (χ0v) is 14.5. The van der Waals surface area contributed by atoms with Gasteiger partial charge in [-0.05, 0) is 47.6 Å². The molecule has 23 heavy (non-hydrogen) atoms. The fourth-order valence-corrected chi connectivity index (χ4v) is 2.43. The number of carbonyl (C=O) groups excluding carboxylic acids is 1. The molecule has 0 spiro atoms. The molecular formula is C18H20O4S. The zero-order valence-electron chi connectivity index (χ0n) is 13.7. The van der Waals surface area contributed by atoms with Crippen molar-refractivity contribution in [3.63, 3.8) is 0 Å². The highest BCUT2D eigenvalue weighted by Gasteiger charge is 2.20. The van der Waals surface area contributed by atoms with Gasteiger partial charge in [-0.1, -0.05) is 24.3 Å². The van der Waals surface area contributed by atoms with Crippen molar-refractivity contribution in [2.75, 3.05) is 7.11 Å². The van der Waals surface area contributed by atoms with E-state index in [4.69, 9.17) is 26.4 Å². The first-order valence-corrected chi connectivity index (χ1v) is 7.77. The topological polar surface area (TPSA) is 44.8 Å². The molecule has 0 bridgehead atoms. The van der Waals surface area contributed by atoms with E-state index in [1.165, 1.54) is 0 Å². The second-order valence-electron chi connectivity index (χ2n) is 5.31. The minimum atomic E-state index is -0.688. The Labute approximate surface area is 141 Å². The summed E-state index contributed by atoms with van der Waals surface area (Å²) in [5.74, 6) is 0.0683. The van der Waals surface area contributed by atoms with Gasteiger partial charge in [0.05, 0.1) is 13.0 Å². The zero-order chi connectivity index (χ0) is 17.0. The van der Waals surface area contributed by atoms with Crippen molar-refractivity contribution in [1.29, 1.82) is 0 Å². The summed E-state index contributed by atoms with van der Waals surface area (Å²) < 4.78 is 15.6. The Morgan fingerprint density at radius 1 is 1.04 bits per heavy atom. The summed E-state index contributed by atoms with van der Waals surface area (Å²) >= 11 is 4.83. The summed E-state index contributed by atoms with van der Waals surface area (Å²) in [4.78, 5) is 12.2. The van der Waals surface area contributed by atoms with E-state index in [9.17, 15) is 4.79 Å². The number of methoxy groups -OCH3 is 1. The molecule has 4 nitrogen and oxygen atoms in total. The third-order valence-corrected chi connectivity index (χ3v) is 3.64. The summed E-state index contributed by atoms with van der Waals surface area (Å²) in [6.45, 7) is 5.10. The fraction of sp³-hybridized carbons (Fsp3) is 0.333. The summed E-state index contributed by atoms with van der Waals surface area (Å²) in [7, 11) is 1.64. The highest BCUT2D eigenvalue weighted by molar-refractivity contribution is 7.80. The number of benzene rings is 2. The lowest BCUT2D eigenvalue weighted by Gasteiger charge is -2.18. The van der Waals surface area contributed by atoms with E-state index in [-0.39, 0.29) is 5.97 Å². The Morgan fingerprint density at radius 3 is 2.35 bits per heavy atom. The Kier molecular flexibility index (Phi) is 5.55. The number of hydrogen-bond acceptors (Lipinski definition) is 5. The molecule has 0 radical (unpaired) electrons. The molecular weight excluding hydrogens is 312 g/mol. The first-order chi connectivity index (χ1) is 10.9. The van der Waals surface area contributed by atoms with Gasteiger partial charge in [-0.3, -0.25) is 4.79 Å². The Hall–Kier alpha value is -2.14. The molecule has 0 N–H and O–H groups in total. The minimum absolute atomic E-state index is 0.345. The molecule has 0 amide bonds. The first kappa shape index (κ1) is 17.2. The second-order valence-corrected chi connectivity index (χ2v) is 5.88. The van der Waals surface area contributed by atoms with Crippen molar-refractivity contribution < 1.29 is 19.0 Å². The second kappa shape index (κ2) is 7.42. The molecule has 0 saturated carbocycles. The average molecular weight is 332 g/mol.